The van der Waals surface area contributed by atoms with Crippen LogP contribution in [0.1, 0.15) is 33.9 Å². The predicted octanol–water partition coefficient (Wildman–Crippen LogP) is 1.26. The van der Waals surface area contributed by atoms with Gasteiger partial charge in [0.25, 0.3) is 5.56 Å². The fourth-order valence-corrected chi connectivity index (χ4v) is 3.23. The molecule has 1 fully saturated rings. The first-order valence-electron chi connectivity index (χ1n) is 10.1. The van der Waals surface area contributed by atoms with Crippen LogP contribution in [0, 0.1) is 11.8 Å². The van der Waals surface area contributed by atoms with Crippen molar-refractivity contribution in [2.75, 3.05) is 12.3 Å². The molecule has 4 unspecified atom stereocenters. The summed E-state index contributed by atoms with van der Waals surface area (Å²) in [6, 6.07) is 0. The molecule has 0 aromatic carbocycles. The summed E-state index contributed by atoms with van der Waals surface area (Å²) in [6.45, 7) is 9.72. The third kappa shape index (κ3) is 4.09. The zero-order valence-corrected chi connectivity index (χ0v) is 18.2. The van der Waals surface area contributed by atoms with E-state index in [0.29, 0.717) is 0 Å². The molecule has 4 atom stereocenters. The average molecular weight is 451 g/mol. The number of halogens is 1. The van der Waals surface area contributed by atoms with Crippen molar-refractivity contribution in [2.24, 2.45) is 11.8 Å². The maximum absolute atomic E-state index is 15.7. The molecular formula is C20H26FN5O6. The number of hydrogen-bond donors (Lipinski definition) is 2. The van der Waals surface area contributed by atoms with Crippen LogP contribution >= 0.6 is 0 Å². The summed E-state index contributed by atoms with van der Waals surface area (Å²) in [7, 11) is 0. The minimum atomic E-state index is -1.94. The van der Waals surface area contributed by atoms with E-state index in [1.54, 1.807) is 27.7 Å². The number of imidazole rings is 1. The molecule has 0 aliphatic carbocycles. The molecule has 3 heterocycles. The molecule has 12 heteroatoms. The van der Waals surface area contributed by atoms with Gasteiger partial charge in [-0.15, -0.1) is 0 Å². The summed E-state index contributed by atoms with van der Waals surface area (Å²) in [5.41, 5.74) is 3.22. The molecular weight excluding hydrogens is 425 g/mol. The van der Waals surface area contributed by atoms with E-state index in [-0.39, 0.29) is 17.1 Å². The molecule has 1 aliphatic rings. The number of alkyl halides is 1. The number of esters is 2. The molecule has 0 amide bonds. The highest BCUT2D eigenvalue weighted by Gasteiger charge is 2.58. The van der Waals surface area contributed by atoms with Gasteiger partial charge in [-0.05, 0) is 0 Å². The quantitative estimate of drug-likeness (QED) is 0.468. The fourth-order valence-electron chi connectivity index (χ4n) is 3.23. The molecule has 0 bridgehead atoms. The first-order chi connectivity index (χ1) is 15.0. The van der Waals surface area contributed by atoms with Gasteiger partial charge in [-0.1, -0.05) is 40.3 Å². The number of aromatic amines is 1. The minimum absolute atomic E-state index is 0.0214. The number of H-pyrrole nitrogens is 1. The molecule has 3 N–H and O–H groups in total. The Hall–Kier alpha value is -3.28. The van der Waals surface area contributed by atoms with E-state index >= 15 is 4.39 Å². The fraction of sp³-hybridized carbons (Fsp3) is 0.550. The van der Waals surface area contributed by atoms with E-state index in [1.807, 2.05) is 0 Å². The molecule has 0 radical (unpaired) electrons. The van der Waals surface area contributed by atoms with Gasteiger partial charge < -0.3 is 19.9 Å². The van der Waals surface area contributed by atoms with Gasteiger partial charge >= 0.3 is 11.9 Å². The van der Waals surface area contributed by atoms with Crippen molar-refractivity contribution in [3.8, 4) is 0 Å². The number of ether oxygens (including phenoxy) is 3. The average Bonchev–Trinajstić information content (AvgIpc) is 3.26. The summed E-state index contributed by atoms with van der Waals surface area (Å²) in [5.74, 6) is -2.39. The zero-order valence-electron chi connectivity index (χ0n) is 18.2. The lowest BCUT2D eigenvalue weighted by Crippen LogP contribution is -2.48. The Bertz CT molecular complexity index is 1100. The van der Waals surface area contributed by atoms with Gasteiger partial charge in [0, 0.05) is 0 Å². The van der Waals surface area contributed by atoms with Crippen molar-refractivity contribution in [3.05, 3.63) is 29.3 Å². The Kier molecular flexibility index (Phi) is 6.35. The molecule has 0 spiro atoms. The Morgan fingerprint density at radius 1 is 1.38 bits per heavy atom. The summed E-state index contributed by atoms with van der Waals surface area (Å²) in [6.07, 6.45) is -2.44. The van der Waals surface area contributed by atoms with Crippen molar-refractivity contribution in [1.82, 2.24) is 19.5 Å². The number of anilines is 1. The van der Waals surface area contributed by atoms with Gasteiger partial charge in [-0.2, -0.15) is 4.98 Å². The molecule has 11 nitrogen and oxygen atoms in total. The normalized spacial score (nSPS) is 25.4. The van der Waals surface area contributed by atoms with Gasteiger partial charge in [-0.25, -0.2) is 9.37 Å². The number of carbonyl (C=O) groups is 2. The van der Waals surface area contributed by atoms with Crippen LogP contribution in [0.15, 0.2) is 23.8 Å². The summed E-state index contributed by atoms with van der Waals surface area (Å²) in [5, 5.41) is 0. The largest absolute Gasteiger partial charge is 0.462 e. The summed E-state index contributed by atoms with van der Waals surface area (Å²) >= 11 is 0. The molecule has 32 heavy (non-hydrogen) atoms. The van der Waals surface area contributed by atoms with Crippen molar-refractivity contribution >= 4 is 29.1 Å². The van der Waals surface area contributed by atoms with Gasteiger partial charge in [-0.3, -0.25) is 23.9 Å². The highest BCUT2D eigenvalue weighted by Crippen LogP contribution is 2.43. The topological polar surface area (TPSA) is 151 Å². The van der Waals surface area contributed by atoms with E-state index in [2.05, 4.69) is 21.5 Å². The number of fused-ring (bicyclic) bond motifs is 1. The number of rotatable bonds is 7. The Morgan fingerprint density at radius 2 is 2.03 bits per heavy atom. The lowest BCUT2D eigenvalue weighted by atomic mass is 9.96. The molecule has 1 saturated heterocycles. The number of aromatic nitrogens is 4. The Balaban J connectivity index is 2.04. The lowest BCUT2D eigenvalue weighted by molar-refractivity contribution is -0.172. The van der Waals surface area contributed by atoms with Crippen LogP contribution in [-0.4, -0.2) is 55.9 Å². The second-order valence-corrected chi connectivity index (χ2v) is 8.16. The SMILES string of the molecule is C=CC1(COC(=O)C(C)C)OC(n2cnc3c(=O)[nH]c(N)nc32)C(F)C1OC(=O)C(C)C. The second kappa shape index (κ2) is 8.69. The maximum Gasteiger partial charge on any atom is 0.308 e. The van der Waals surface area contributed by atoms with Gasteiger partial charge in [0.05, 0.1) is 18.2 Å². The molecule has 174 valence electrons. The van der Waals surface area contributed by atoms with Crippen LogP contribution in [-0.2, 0) is 23.8 Å². The molecule has 0 saturated carbocycles. The van der Waals surface area contributed by atoms with Crippen LogP contribution in [0.2, 0.25) is 0 Å². The lowest BCUT2D eigenvalue weighted by Gasteiger charge is -2.31. The predicted molar refractivity (Wildman–Crippen MR) is 111 cm³/mol. The minimum Gasteiger partial charge on any atom is -0.462 e. The number of nitrogens with two attached hydrogens (primary N) is 1. The third-order valence-corrected chi connectivity index (χ3v) is 5.08. The van der Waals surface area contributed by atoms with Crippen LogP contribution in [0.5, 0.6) is 0 Å². The number of nitrogens with one attached hydrogen (secondary N) is 1. The highest BCUT2D eigenvalue weighted by atomic mass is 19.1. The van der Waals surface area contributed by atoms with E-state index in [1.165, 1.54) is 17.0 Å². The number of nitrogen functional groups attached to an aromatic ring is 1. The summed E-state index contributed by atoms with van der Waals surface area (Å²) < 4.78 is 33.6. The van der Waals surface area contributed by atoms with Crippen LogP contribution in [0.4, 0.5) is 10.3 Å². The van der Waals surface area contributed by atoms with E-state index in [4.69, 9.17) is 19.9 Å². The Morgan fingerprint density at radius 3 is 2.62 bits per heavy atom. The van der Waals surface area contributed by atoms with Gasteiger partial charge in [0.2, 0.25) is 5.95 Å². The third-order valence-electron chi connectivity index (χ3n) is 5.08. The number of carbonyl (C=O) groups excluding carboxylic acids is 2. The van der Waals surface area contributed by atoms with Crippen molar-refractivity contribution in [2.45, 2.75) is 51.8 Å². The number of nitrogens with zero attached hydrogens (tertiary/aromatic N) is 3. The van der Waals surface area contributed by atoms with Crippen molar-refractivity contribution in [1.29, 1.82) is 0 Å². The summed E-state index contributed by atoms with van der Waals surface area (Å²) in [4.78, 5) is 46.7. The standard InChI is InChI=1S/C20H26FN5O6/c1-6-20(7-30-17(28)9(2)3)13(31-18(29)10(4)5)11(21)16(32-20)26-8-23-12-14(26)24-19(22)25-15(12)27/h6,8-11,13,16H,1,7H2,2-5H3,(H3,22,24,25,27). The first kappa shape index (κ1) is 23.4. The first-order valence-corrected chi connectivity index (χ1v) is 10.1. The Labute approximate surface area is 182 Å². The smallest absolute Gasteiger partial charge is 0.308 e. The molecule has 2 aromatic rings. The van der Waals surface area contributed by atoms with Gasteiger partial charge in [0.15, 0.2) is 35.3 Å². The van der Waals surface area contributed by atoms with E-state index in [0.717, 1.165) is 0 Å². The number of hydrogen-bond acceptors (Lipinski definition) is 9. The second-order valence-electron chi connectivity index (χ2n) is 8.16. The highest BCUT2D eigenvalue weighted by molar-refractivity contribution is 5.73. The van der Waals surface area contributed by atoms with Crippen molar-refractivity contribution in [3.63, 3.8) is 0 Å². The zero-order chi connectivity index (χ0) is 23.8. The van der Waals surface area contributed by atoms with Crippen LogP contribution in [0.3, 0.4) is 0 Å². The maximum atomic E-state index is 15.7. The molecule has 1 aliphatic heterocycles. The van der Waals surface area contributed by atoms with Crippen LogP contribution < -0.4 is 11.3 Å². The molecule has 2 aromatic heterocycles. The van der Waals surface area contributed by atoms with Gasteiger partial charge in [0.1, 0.15) is 6.61 Å². The van der Waals surface area contributed by atoms with Crippen molar-refractivity contribution < 1.29 is 28.2 Å². The van der Waals surface area contributed by atoms with E-state index < -0.39 is 60.0 Å². The van der Waals surface area contributed by atoms with Crippen LogP contribution in [0.25, 0.3) is 11.2 Å². The van der Waals surface area contributed by atoms with E-state index in [9.17, 15) is 14.4 Å². The monoisotopic (exact) mass is 451 g/mol. The molecule has 3 rings (SSSR count).